The third kappa shape index (κ3) is 5.59. The lowest BCUT2D eigenvalue weighted by molar-refractivity contribution is -0.133. The van der Waals surface area contributed by atoms with Crippen molar-refractivity contribution in [3.05, 3.63) is 92.6 Å². The minimum atomic E-state index is -0.958. The normalized spacial score (nSPS) is 10.8. The summed E-state index contributed by atoms with van der Waals surface area (Å²) in [5.41, 5.74) is 5.82. The minimum absolute atomic E-state index is 0.0703. The fraction of sp³-hybridized carbons (Fsp3) is 0.0800. The molecule has 3 amide bonds. The highest BCUT2D eigenvalue weighted by Crippen LogP contribution is 2.27. The Morgan fingerprint density at radius 2 is 1.43 bits per heavy atom. The third-order valence-electron chi connectivity index (χ3n) is 5.07. The summed E-state index contributed by atoms with van der Waals surface area (Å²) >= 11 is 18.1. The van der Waals surface area contributed by atoms with E-state index < -0.39 is 17.7 Å². The number of benzene rings is 3. The van der Waals surface area contributed by atoms with Crippen molar-refractivity contribution >= 4 is 74.8 Å². The number of aryl methyl sites for hydroxylation is 2. The minimum Gasteiger partial charge on any atom is -0.321 e. The molecule has 0 saturated carbocycles. The van der Waals surface area contributed by atoms with Crippen molar-refractivity contribution < 1.29 is 14.4 Å². The molecule has 0 aliphatic rings. The number of amides is 3. The van der Waals surface area contributed by atoms with Crippen LogP contribution in [-0.2, 0) is 9.59 Å². The second kappa shape index (κ2) is 10.00. The molecular weight excluding hydrogens is 511 g/mol. The van der Waals surface area contributed by atoms with Gasteiger partial charge in [-0.15, -0.1) is 0 Å². The molecule has 1 aromatic heterocycles. The van der Waals surface area contributed by atoms with Crippen LogP contribution in [-0.4, -0.2) is 22.4 Å². The van der Waals surface area contributed by atoms with Crippen molar-refractivity contribution in [3.8, 4) is 0 Å². The predicted octanol–water partition coefficient (Wildman–Crippen LogP) is 6.18. The van der Waals surface area contributed by atoms with Gasteiger partial charge in [0.2, 0.25) is 0 Å². The van der Waals surface area contributed by atoms with Crippen LogP contribution in [0.5, 0.6) is 0 Å². The topological polar surface area (TPSA) is 92.2 Å². The van der Waals surface area contributed by atoms with Gasteiger partial charge in [-0.3, -0.25) is 19.8 Å². The van der Waals surface area contributed by atoms with Crippen LogP contribution < -0.4 is 16.1 Å². The summed E-state index contributed by atoms with van der Waals surface area (Å²) in [7, 11) is 0. The molecule has 0 radical (unpaired) electrons. The van der Waals surface area contributed by atoms with E-state index in [1.54, 1.807) is 48.5 Å². The lowest BCUT2D eigenvalue weighted by atomic mass is 10.1. The van der Waals surface area contributed by atoms with E-state index in [0.29, 0.717) is 32.3 Å². The molecule has 0 aliphatic carbocycles. The maximum Gasteiger partial charge on any atom is 0.328 e. The van der Waals surface area contributed by atoms with E-state index in [9.17, 15) is 14.4 Å². The van der Waals surface area contributed by atoms with Crippen molar-refractivity contribution in [2.24, 2.45) is 0 Å². The van der Waals surface area contributed by atoms with Gasteiger partial charge in [0.1, 0.15) is 5.69 Å². The maximum absolute atomic E-state index is 13.1. The van der Waals surface area contributed by atoms with E-state index in [4.69, 9.17) is 34.8 Å². The predicted molar refractivity (Wildman–Crippen MR) is 140 cm³/mol. The summed E-state index contributed by atoms with van der Waals surface area (Å²) in [6.45, 7) is 3.77. The molecule has 4 aromatic rings. The molecule has 0 bridgehead atoms. The molecule has 0 spiro atoms. The van der Waals surface area contributed by atoms with Crippen LogP contribution in [0.3, 0.4) is 0 Å². The van der Waals surface area contributed by atoms with Gasteiger partial charge in [-0.05, 0) is 79.6 Å². The Morgan fingerprint density at radius 1 is 0.714 bits per heavy atom. The summed E-state index contributed by atoms with van der Waals surface area (Å²) in [5.74, 6) is -2.40. The van der Waals surface area contributed by atoms with Gasteiger partial charge in [-0.1, -0.05) is 40.9 Å². The summed E-state index contributed by atoms with van der Waals surface area (Å²) < 4.78 is 1.24. The van der Waals surface area contributed by atoms with Gasteiger partial charge in [0.25, 0.3) is 5.91 Å². The zero-order valence-electron chi connectivity index (χ0n) is 18.6. The highest BCUT2D eigenvalue weighted by atomic mass is 35.5. The van der Waals surface area contributed by atoms with Gasteiger partial charge in [-0.25, -0.2) is 4.68 Å². The average molecular weight is 530 g/mol. The monoisotopic (exact) mass is 528 g/mol. The fourth-order valence-corrected chi connectivity index (χ4v) is 4.11. The number of fused-ring (bicyclic) bond motifs is 1. The first-order valence-corrected chi connectivity index (χ1v) is 11.5. The lowest BCUT2D eigenvalue weighted by Gasteiger charge is -2.13. The van der Waals surface area contributed by atoms with Crippen LogP contribution >= 0.6 is 34.8 Å². The molecule has 3 aromatic carbocycles. The first kappa shape index (κ1) is 24.6. The average Bonchev–Trinajstić information content (AvgIpc) is 3.13. The Morgan fingerprint density at radius 3 is 2.11 bits per heavy atom. The van der Waals surface area contributed by atoms with E-state index >= 15 is 0 Å². The molecule has 0 unspecified atom stereocenters. The van der Waals surface area contributed by atoms with Gasteiger partial charge in [0.15, 0.2) is 0 Å². The number of hydrogen-bond acceptors (Lipinski definition) is 3. The van der Waals surface area contributed by atoms with Crippen molar-refractivity contribution in [2.45, 2.75) is 13.8 Å². The zero-order chi connectivity index (χ0) is 25.3. The fourth-order valence-electron chi connectivity index (χ4n) is 3.63. The van der Waals surface area contributed by atoms with Gasteiger partial charge >= 0.3 is 11.8 Å². The number of carbonyl (C=O) groups excluding carboxylic acids is 3. The molecule has 178 valence electrons. The van der Waals surface area contributed by atoms with Crippen LogP contribution in [0.2, 0.25) is 15.1 Å². The second-order valence-corrected chi connectivity index (χ2v) is 9.17. The molecule has 7 nitrogen and oxygen atoms in total. The van der Waals surface area contributed by atoms with Gasteiger partial charge < -0.3 is 10.6 Å². The molecule has 0 saturated heterocycles. The van der Waals surface area contributed by atoms with Crippen LogP contribution in [0.4, 0.5) is 11.4 Å². The smallest absolute Gasteiger partial charge is 0.321 e. The number of rotatable bonds is 4. The second-order valence-electron chi connectivity index (χ2n) is 7.92. The summed E-state index contributed by atoms with van der Waals surface area (Å²) in [6, 6.07) is 16.5. The first-order chi connectivity index (χ1) is 16.6. The van der Waals surface area contributed by atoms with Crippen LogP contribution in [0, 0.1) is 13.8 Å². The quantitative estimate of drug-likeness (QED) is 0.276. The Kier molecular flexibility index (Phi) is 7.03. The van der Waals surface area contributed by atoms with Crippen molar-refractivity contribution in [3.63, 3.8) is 0 Å². The molecule has 0 fully saturated rings. The summed E-state index contributed by atoms with van der Waals surface area (Å²) in [6.07, 6.45) is 0. The SMILES string of the molecule is Cc1cc(C)cc(NC(=O)C(=O)Nn2c(C(=O)Nc3ccc(Cl)c(Cl)c3)cc3cc(Cl)ccc32)c1. The lowest BCUT2D eigenvalue weighted by Crippen LogP contribution is -2.36. The van der Waals surface area contributed by atoms with Gasteiger partial charge in [0, 0.05) is 21.8 Å². The molecule has 35 heavy (non-hydrogen) atoms. The number of hydrogen-bond donors (Lipinski definition) is 3. The number of nitrogens with one attached hydrogen (secondary N) is 3. The standard InChI is InChI=1S/C25H19Cl3N4O3/c1-13-7-14(2)9-18(8-13)30-24(34)25(35)31-32-21-6-3-16(26)10-15(21)11-22(32)23(33)29-17-4-5-19(27)20(28)12-17/h3-12H,1-2H3,(H,29,33)(H,30,34)(H,31,35). The molecule has 0 aliphatic heterocycles. The molecule has 0 atom stereocenters. The molecule has 1 heterocycles. The van der Waals surface area contributed by atoms with Crippen LogP contribution in [0.15, 0.2) is 60.7 Å². The van der Waals surface area contributed by atoms with E-state index in [2.05, 4.69) is 16.1 Å². The molecular formula is C25H19Cl3N4O3. The zero-order valence-corrected chi connectivity index (χ0v) is 20.8. The van der Waals surface area contributed by atoms with Crippen molar-refractivity contribution in [2.75, 3.05) is 16.1 Å². The Balaban J connectivity index is 1.63. The Bertz CT molecular complexity index is 1480. The first-order valence-electron chi connectivity index (χ1n) is 10.4. The maximum atomic E-state index is 13.1. The van der Waals surface area contributed by atoms with E-state index in [1.165, 1.54) is 10.7 Å². The third-order valence-corrected chi connectivity index (χ3v) is 6.05. The molecule has 4 rings (SSSR count). The van der Waals surface area contributed by atoms with Crippen molar-refractivity contribution in [1.82, 2.24) is 4.68 Å². The number of aromatic nitrogens is 1. The van der Waals surface area contributed by atoms with E-state index in [-0.39, 0.29) is 10.7 Å². The number of halogens is 3. The molecule has 3 N–H and O–H groups in total. The highest BCUT2D eigenvalue weighted by molar-refractivity contribution is 6.43. The Labute approximate surface area is 215 Å². The molecule has 10 heteroatoms. The highest BCUT2D eigenvalue weighted by Gasteiger charge is 2.21. The summed E-state index contributed by atoms with van der Waals surface area (Å²) in [4.78, 5) is 38.5. The van der Waals surface area contributed by atoms with E-state index in [1.807, 2.05) is 19.9 Å². The number of nitrogens with zero attached hydrogens (tertiary/aromatic N) is 1. The Hall–Kier alpha value is -3.52. The van der Waals surface area contributed by atoms with E-state index in [0.717, 1.165) is 11.1 Å². The summed E-state index contributed by atoms with van der Waals surface area (Å²) in [5, 5.41) is 6.94. The van der Waals surface area contributed by atoms with Crippen molar-refractivity contribution in [1.29, 1.82) is 0 Å². The largest absolute Gasteiger partial charge is 0.328 e. The van der Waals surface area contributed by atoms with Crippen LogP contribution in [0.1, 0.15) is 21.6 Å². The number of carbonyl (C=O) groups is 3. The van der Waals surface area contributed by atoms with Gasteiger partial charge in [-0.2, -0.15) is 0 Å². The number of anilines is 2. The van der Waals surface area contributed by atoms with Crippen LogP contribution in [0.25, 0.3) is 10.9 Å². The van der Waals surface area contributed by atoms with Gasteiger partial charge in [0.05, 0.1) is 15.6 Å².